The SMILES string of the molecule is CCCC1(CNC(=O)c2cc([N+](=O)[O-])cnc2NC)CC1. The molecule has 1 heterocycles. The molecule has 1 fully saturated rings. The highest BCUT2D eigenvalue weighted by atomic mass is 16.6. The number of nitrogens with zero attached hydrogens (tertiary/aromatic N) is 2. The minimum atomic E-state index is -0.553. The zero-order valence-corrected chi connectivity index (χ0v) is 12.3. The highest BCUT2D eigenvalue weighted by Crippen LogP contribution is 2.48. The summed E-state index contributed by atoms with van der Waals surface area (Å²) in [6.07, 6.45) is 5.60. The normalized spacial score (nSPS) is 15.3. The van der Waals surface area contributed by atoms with Crippen molar-refractivity contribution in [2.45, 2.75) is 32.6 Å². The first-order valence-corrected chi connectivity index (χ1v) is 7.12. The molecule has 2 N–H and O–H groups in total. The summed E-state index contributed by atoms with van der Waals surface area (Å²) in [5.74, 6) is 0.0244. The van der Waals surface area contributed by atoms with Gasteiger partial charge in [0.05, 0.1) is 10.5 Å². The maximum absolute atomic E-state index is 12.3. The quantitative estimate of drug-likeness (QED) is 0.594. The summed E-state index contributed by atoms with van der Waals surface area (Å²) < 4.78 is 0. The zero-order valence-electron chi connectivity index (χ0n) is 12.3. The van der Waals surface area contributed by atoms with E-state index in [1.165, 1.54) is 6.07 Å². The van der Waals surface area contributed by atoms with Crippen LogP contribution in [0.25, 0.3) is 0 Å². The Bertz CT molecular complexity index is 555. The summed E-state index contributed by atoms with van der Waals surface area (Å²) in [5, 5.41) is 16.5. The van der Waals surface area contributed by atoms with E-state index in [1.807, 2.05) is 0 Å². The van der Waals surface area contributed by atoms with Gasteiger partial charge < -0.3 is 10.6 Å². The van der Waals surface area contributed by atoms with Crippen molar-refractivity contribution in [2.24, 2.45) is 5.41 Å². The van der Waals surface area contributed by atoms with Crippen molar-refractivity contribution in [1.82, 2.24) is 10.3 Å². The summed E-state index contributed by atoms with van der Waals surface area (Å²) in [5.41, 5.74) is 0.256. The fourth-order valence-corrected chi connectivity index (χ4v) is 2.51. The molecule has 2 rings (SSSR count). The summed E-state index contributed by atoms with van der Waals surface area (Å²) in [7, 11) is 1.63. The lowest BCUT2D eigenvalue weighted by Gasteiger charge is -2.15. The average molecular weight is 292 g/mol. The van der Waals surface area contributed by atoms with Crippen LogP contribution in [0, 0.1) is 15.5 Å². The second-order valence-corrected chi connectivity index (χ2v) is 5.53. The number of nitro groups is 1. The van der Waals surface area contributed by atoms with Crippen LogP contribution >= 0.6 is 0 Å². The number of carbonyl (C=O) groups is 1. The summed E-state index contributed by atoms with van der Waals surface area (Å²) in [6.45, 7) is 2.75. The molecule has 0 aliphatic heterocycles. The Labute approximate surface area is 123 Å². The van der Waals surface area contributed by atoms with Crippen LogP contribution in [0.5, 0.6) is 0 Å². The lowest BCUT2D eigenvalue weighted by molar-refractivity contribution is -0.385. The Balaban J connectivity index is 2.10. The topological polar surface area (TPSA) is 97.2 Å². The standard InChI is InChI=1S/C14H20N4O3/c1-3-4-14(5-6-14)9-17-13(19)11-7-10(18(20)21)8-16-12(11)15-2/h7-8H,3-6,9H2,1-2H3,(H,15,16)(H,17,19). The Morgan fingerprint density at radius 2 is 2.24 bits per heavy atom. The van der Waals surface area contributed by atoms with Crippen molar-refractivity contribution < 1.29 is 9.72 Å². The number of nitrogens with one attached hydrogen (secondary N) is 2. The van der Waals surface area contributed by atoms with Gasteiger partial charge in [0.25, 0.3) is 11.6 Å². The van der Waals surface area contributed by atoms with Gasteiger partial charge in [0.15, 0.2) is 0 Å². The second kappa shape index (κ2) is 6.07. The van der Waals surface area contributed by atoms with Gasteiger partial charge >= 0.3 is 0 Å². The molecule has 0 saturated heterocycles. The van der Waals surface area contributed by atoms with Crippen LogP contribution in [-0.2, 0) is 0 Å². The zero-order chi connectivity index (χ0) is 15.5. The lowest BCUT2D eigenvalue weighted by Crippen LogP contribution is -2.31. The number of pyridine rings is 1. The predicted octanol–water partition coefficient (Wildman–Crippen LogP) is 2.34. The van der Waals surface area contributed by atoms with E-state index in [2.05, 4.69) is 22.5 Å². The molecule has 1 aliphatic rings. The van der Waals surface area contributed by atoms with E-state index in [0.717, 1.165) is 31.9 Å². The average Bonchev–Trinajstić information content (AvgIpc) is 3.24. The molecule has 21 heavy (non-hydrogen) atoms. The van der Waals surface area contributed by atoms with Crippen LogP contribution in [-0.4, -0.2) is 29.4 Å². The molecule has 1 aliphatic carbocycles. The minimum absolute atomic E-state index is 0.186. The molecular formula is C14H20N4O3. The van der Waals surface area contributed by atoms with Crippen molar-refractivity contribution in [2.75, 3.05) is 18.9 Å². The van der Waals surface area contributed by atoms with E-state index in [0.29, 0.717) is 12.4 Å². The molecular weight excluding hydrogens is 272 g/mol. The van der Waals surface area contributed by atoms with Gasteiger partial charge in [0, 0.05) is 19.7 Å². The first kappa shape index (κ1) is 15.2. The number of aromatic nitrogens is 1. The molecule has 1 aromatic heterocycles. The van der Waals surface area contributed by atoms with Gasteiger partial charge in [-0.15, -0.1) is 0 Å². The monoisotopic (exact) mass is 292 g/mol. The van der Waals surface area contributed by atoms with Gasteiger partial charge in [0.1, 0.15) is 12.0 Å². The Morgan fingerprint density at radius 3 is 2.76 bits per heavy atom. The smallest absolute Gasteiger partial charge is 0.288 e. The second-order valence-electron chi connectivity index (χ2n) is 5.53. The number of anilines is 1. The number of amides is 1. The van der Waals surface area contributed by atoms with Crippen LogP contribution in [0.15, 0.2) is 12.3 Å². The van der Waals surface area contributed by atoms with E-state index in [1.54, 1.807) is 7.05 Å². The third kappa shape index (κ3) is 3.48. The van der Waals surface area contributed by atoms with Crippen LogP contribution in [0.3, 0.4) is 0 Å². The first-order valence-electron chi connectivity index (χ1n) is 7.12. The highest BCUT2D eigenvalue weighted by Gasteiger charge is 2.41. The van der Waals surface area contributed by atoms with Crippen LogP contribution in [0.2, 0.25) is 0 Å². The van der Waals surface area contributed by atoms with Crippen molar-refractivity contribution in [3.05, 3.63) is 27.9 Å². The molecule has 0 atom stereocenters. The Morgan fingerprint density at radius 1 is 1.52 bits per heavy atom. The Kier molecular flexibility index (Phi) is 4.40. The maximum Gasteiger partial charge on any atom is 0.288 e. The first-order chi connectivity index (χ1) is 10.0. The van der Waals surface area contributed by atoms with Crippen molar-refractivity contribution in [3.63, 3.8) is 0 Å². The fourth-order valence-electron chi connectivity index (χ4n) is 2.51. The summed E-state index contributed by atoms with van der Waals surface area (Å²) in [6, 6.07) is 1.26. The maximum atomic E-state index is 12.3. The van der Waals surface area contributed by atoms with Crippen LogP contribution in [0.1, 0.15) is 43.0 Å². The van der Waals surface area contributed by atoms with Crippen molar-refractivity contribution >= 4 is 17.4 Å². The van der Waals surface area contributed by atoms with E-state index < -0.39 is 4.92 Å². The predicted molar refractivity (Wildman–Crippen MR) is 79.3 cm³/mol. The fraction of sp³-hybridized carbons (Fsp3) is 0.571. The van der Waals surface area contributed by atoms with Crippen molar-refractivity contribution in [3.8, 4) is 0 Å². The molecule has 0 radical (unpaired) electrons. The molecule has 1 amide bonds. The van der Waals surface area contributed by atoms with Gasteiger partial charge in [-0.25, -0.2) is 4.98 Å². The Hall–Kier alpha value is -2.18. The van der Waals surface area contributed by atoms with Crippen molar-refractivity contribution in [1.29, 1.82) is 0 Å². The molecule has 0 spiro atoms. The van der Waals surface area contributed by atoms with E-state index in [4.69, 9.17) is 0 Å². The number of rotatable bonds is 7. The molecule has 0 aromatic carbocycles. The number of hydrogen-bond acceptors (Lipinski definition) is 5. The van der Waals surface area contributed by atoms with Crippen LogP contribution < -0.4 is 10.6 Å². The largest absolute Gasteiger partial charge is 0.372 e. The molecule has 0 bridgehead atoms. The molecule has 1 saturated carbocycles. The summed E-state index contributed by atoms with van der Waals surface area (Å²) in [4.78, 5) is 26.4. The van der Waals surface area contributed by atoms with E-state index in [9.17, 15) is 14.9 Å². The van der Waals surface area contributed by atoms with E-state index >= 15 is 0 Å². The molecule has 1 aromatic rings. The molecule has 7 heteroatoms. The lowest BCUT2D eigenvalue weighted by atomic mass is 10.0. The highest BCUT2D eigenvalue weighted by molar-refractivity contribution is 5.99. The third-order valence-electron chi connectivity index (χ3n) is 3.93. The van der Waals surface area contributed by atoms with Gasteiger partial charge in [-0.1, -0.05) is 13.3 Å². The summed E-state index contributed by atoms with van der Waals surface area (Å²) >= 11 is 0. The molecule has 7 nitrogen and oxygen atoms in total. The van der Waals surface area contributed by atoms with Crippen LogP contribution in [0.4, 0.5) is 11.5 Å². The number of hydrogen-bond donors (Lipinski definition) is 2. The number of carbonyl (C=O) groups excluding carboxylic acids is 1. The van der Waals surface area contributed by atoms with Gasteiger partial charge in [-0.2, -0.15) is 0 Å². The van der Waals surface area contributed by atoms with Gasteiger partial charge in [0.2, 0.25) is 0 Å². The van der Waals surface area contributed by atoms with Gasteiger partial charge in [-0.05, 0) is 24.7 Å². The third-order valence-corrected chi connectivity index (χ3v) is 3.93. The molecule has 114 valence electrons. The minimum Gasteiger partial charge on any atom is -0.372 e. The molecule has 0 unspecified atom stereocenters. The van der Waals surface area contributed by atoms with E-state index in [-0.39, 0.29) is 22.6 Å². The van der Waals surface area contributed by atoms with Gasteiger partial charge in [-0.3, -0.25) is 14.9 Å².